The predicted octanol–water partition coefficient (Wildman–Crippen LogP) is 2.89. The first-order valence-electron chi connectivity index (χ1n) is 6.83. The van der Waals surface area contributed by atoms with Crippen molar-refractivity contribution < 1.29 is 14.0 Å². The summed E-state index contributed by atoms with van der Waals surface area (Å²) in [5.41, 5.74) is 6.04. The van der Waals surface area contributed by atoms with Crippen LogP contribution in [0, 0.1) is 5.82 Å². The molecule has 4 nitrogen and oxygen atoms in total. The van der Waals surface area contributed by atoms with Crippen molar-refractivity contribution in [3.05, 3.63) is 47.1 Å². The van der Waals surface area contributed by atoms with Crippen molar-refractivity contribution in [1.29, 1.82) is 0 Å². The van der Waals surface area contributed by atoms with E-state index >= 15 is 0 Å². The molecule has 2 rings (SSSR count). The number of hydrogen-bond acceptors (Lipinski definition) is 3. The molecule has 22 heavy (non-hydrogen) atoms. The molecule has 0 aliphatic rings. The third-order valence-corrected chi connectivity index (χ3v) is 4.28. The summed E-state index contributed by atoms with van der Waals surface area (Å²) in [6, 6.07) is 9.48. The van der Waals surface area contributed by atoms with Gasteiger partial charge in [0.1, 0.15) is 5.82 Å². The van der Waals surface area contributed by atoms with Gasteiger partial charge in [-0.2, -0.15) is 0 Å². The van der Waals surface area contributed by atoms with Crippen molar-refractivity contribution in [2.24, 2.45) is 5.73 Å². The molecule has 2 aromatic rings. The lowest BCUT2D eigenvalue weighted by atomic mass is 10.2. The number of nitrogens with zero attached hydrogens (tertiary/aromatic N) is 1. The summed E-state index contributed by atoms with van der Waals surface area (Å²) in [5, 5.41) is 0. The van der Waals surface area contributed by atoms with E-state index in [1.165, 1.54) is 28.4 Å². The molecule has 1 heterocycles. The Bertz CT molecular complexity index is 680. The first-order chi connectivity index (χ1) is 10.4. The molecule has 0 saturated heterocycles. The summed E-state index contributed by atoms with van der Waals surface area (Å²) < 4.78 is 13.0. The molecule has 0 aliphatic carbocycles. The summed E-state index contributed by atoms with van der Waals surface area (Å²) in [7, 11) is 0. The van der Waals surface area contributed by atoms with Crippen LogP contribution >= 0.6 is 11.3 Å². The Labute approximate surface area is 132 Å². The normalized spacial score (nSPS) is 10.7. The molecule has 0 unspecified atom stereocenters. The van der Waals surface area contributed by atoms with Gasteiger partial charge in [-0.05, 0) is 43.7 Å². The summed E-state index contributed by atoms with van der Waals surface area (Å²) in [5.74, 6) is -1.08. The number of thiophene rings is 1. The molecule has 0 radical (unpaired) electrons. The summed E-state index contributed by atoms with van der Waals surface area (Å²) in [6.07, 6.45) is 0. The highest BCUT2D eigenvalue weighted by Crippen LogP contribution is 2.29. The lowest BCUT2D eigenvalue weighted by Gasteiger charge is -2.24. The average Bonchev–Trinajstić information content (AvgIpc) is 2.94. The molecular formula is C16H17FN2O2S. The highest BCUT2D eigenvalue weighted by atomic mass is 32.1. The summed E-state index contributed by atoms with van der Waals surface area (Å²) in [6.45, 7) is 3.55. The Morgan fingerprint density at radius 1 is 1.18 bits per heavy atom. The molecule has 0 bridgehead atoms. The molecule has 0 fully saturated rings. The zero-order valence-electron chi connectivity index (χ0n) is 12.4. The fourth-order valence-electron chi connectivity index (χ4n) is 2.02. The molecule has 1 aromatic carbocycles. The minimum Gasteiger partial charge on any atom is -0.368 e. The van der Waals surface area contributed by atoms with Gasteiger partial charge in [-0.1, -0.05) is 12.1 Å². The zero-order valence-corrected chi connectivity index (χ0v) is 13.2. The van der Waals surface area contributed by atoms with E-state index in [4.69, 9.17) is 5.73 Å². The molecule has 0 saturated carbocycles. The van der Waals surface area contributed by atoms with Crippen molar-refractivity contribution in [2.45, 2.75) is 19.9 Å². The van der Waals surface area contributed by atoms with E-state index in [0.29, 0.717) is 4.88 Å². The number of benzene rings is 1. The second-order valence-corrected chi connectivity index (χ2v) is 6.25. The first kappa shape index (κ1) is 16.2. The minimum atomic E-state index is -0.544. The van der Waals surface area contributed by atoms with E-state index in [1.54, 1.807) is 18.2 Å². The quantitative estimate of drug-likeness (QED) is 0.920. The molecule has 1 aromatic heterocycles. The number of carbonyl (C=O) groups is 2. The number of hydrogen-bond donors (Lipinski definition) is 1. The molecule has 116 valence electrons. The van der Waals surface area contributed by atoms with Crippen molar-refractivity contribution in [2.75, 3.05) is 6.54 Å². The van der Waals surface area contributed by atoms with Crippen LogP contribution in [0.5, 0.6) is 0 Å². The Kier molecular flexibility index (Phi) is 4.92. The van der Waals surface area contributed by atoms with E-state index < -0.39 is 5.91 Å². The number of halogens is 1. The highest BCUT2D eigenvalue weighted by Gasteiger charge is 2.22. The van der Waals surface area contributed by atoms with Crippen molar-refractivity contribution in [1.82, 2.24) is 4.90 Å². The number of primary amides is 1. The van der Waals surface area contributed by atoms with Gasteiger partial charge in [-0.25, -0.2) is 4.39 Å². The average molecular weight is 320 g/mol. The maximum absolute atomic E-state index is 13.0. The Morgan fingerprint density at radius 2 is 1.82 bits per heavy atom. The van der Waals surface area contributed by atoms with Crippen LogP contribution in [0.4, 0.5) is 4.39 Å². The molecule has 0 aliphatic heterocycles. The van der Waals surface area contributed by atoms with Crippen LogP contribution < -0.4 is 5.73 Å². The van der Waals surface area contributed by atoms with Crippen LogP contribution in [-0.4, -0.2) is 29.3 Å². The maximum Gasteiger partial charge on any atom is 0.264 e. The van der Waals surface area contributed by atoms with Crippen LogP contribution in [0.3, 0.4) is 0 Å². The molecule has 6 heteroatoms. The van der Waals surface area contributed by atoms with E-state index in [9.17, 15) is 14.0 Å². The second-order valence-electron chi connectivity index (χ2n) is 5.16. The van der Waals surface area contributed by atoms with E-state index in [-0.39, 0.29) is 24.3 Å². The van der Waals surface area contributed by atoms with Crippen LogP contribution in [0.15, 0.2) is 36.4 Å². The van der Waals surface area contributed by atoms with E-state index in [0.717, 1.165) is 10.4 Å². The number of carbonyl (C=O) groups excluding carboxylic acids is 2. The third kappa shape index (κ3) is 3.71. The third-order valence-electron chi connectivity index (χ3n) is 3.16. The van der Waals surface area contributed by atoms with E-state index in [1.807, 2.05) is 19.9 Å². The monoisotopic (exact) mass is 320 g/mol. The standard InChI is InChI=1S/C16H17FN2O2S/c1-10(2)19(9-15(18)20)16(21)14-8-7-13(22-14)11-3-5-12(17)6-4-11/h3-8,10H,9H2,1-2H3,(H2,18,20). The van der Waals surface area contributed by atoms with Gasteiger partial charge in [0, 0.05) is 10.9 Å². The second kappa shape index (κ2) is 6.70. The molecular weight excluding hydrogens is 303 g/mol. The van der Waals surface area contributed by atoms with Gasteiger partial charge >= 0.3 is 0 Å². The minimum absolute atomic E-state index is 0.111. The summed E-state index contributed by atoms with van der Waals surface area (Å²) >= 11 is 1.31. The fourth-order valence-corrected chi connectivity index (χ4v) is 2.99. The van der Waals surface area contributed by atoms with Gasteiger partial charge in [0.15, 0.2) is 0 Å². The summed E-state index contributed by atoms with van der Waals surface area (Å²) in [4.78, 5) is 26.4. The first-order valence-corrected chi connectivity index (χ1v) is 7.65. The SMILES string of the molecule is CC(C)N(CC(N)=O)C(=O)c1ccc(-c2ccc(F)cc2)s1. The van der Waals surface area contributed by atoms with Gasteiger partial charge in [0.25, 0.3) is 5.91 Å². The molecule has 0 spiro atoms. The largest absolute Gasteiger partial charge is 0.368 e. The Balaban J connectivity index is 2.24. The van der Waals surface area contributed by atoms with Crippen molar-refractivity contribution >= 4 is 23.2 Å². The van der Waals surface area contributed by atoms with Crippen molar-refractivity contribution in [3.63, 3.8) is 0 Å². The van der Waals surface area contributed by atoms with Crippen molar-refractivity contribution in [3.8, 4) is 10.4 Å². The topological polar surface area (TPSA) is 63.4 Å². The number of nitrogens with two attached hydrogens (primary N) is 1. The zero-order chi connectivity index (χ0) is 16.3. The van der Waals surface area contributed by atoms with Gasteiger partial charge in [0.05, 0.1) is 11.4 Å². The lowest BCUT2D eigenvalue weighted by molar-refractivity contribution is -0.119. The van der Waals surface area contributed by atoms with Gasteiger partial charge < -0.3 is 10.6 Å². The Hall–Kier alpha value is -2.21. The van der Waals surface area contributed by atoms with Gasteiger partial charge in [0.2, 0.25) is 5.91 Å². The van der Waals surface area contributed by atoms with Crippen LogP contribution in [0.1, 0.15) is 23.5 Å². The number of rotatable bonds is 5. The lowest BCUT2D eigenvalue weighted by Crippen LogP contribution is -2.42. The maximum atomic E-state index is 13.0. The fraction of sp³-hybridized carbons (Fsp3) is 0.250. The van der Waals surface area contributed by atoms with Gasteiger partial charge in [-0.3, -0.25) is 9.59 Å². The van der Waals surface area contributed by atoms with Crippen LogP contribution in [0.25, 0.3) is 10.4 Å². The molecule has 0 atom stereocenters. The Morgan fingerprint density at radius 3 is 2.36 bits per heavy atom. The predicted molar refractivity (Wildman–Crippen MR) is 85.1 cm³/mol. The van der Waals surface area contributed by atoms with E-state index in [2.05, 4.69) is 0 Å². The van der Waals surface area contributed by atoms with Gasteiger partial charge in [-0.15, -0.1) is 11.3 Å². The van der Waals surface area contributed by atoms with Crippen LogP contribution in [-0.2, 0) is 4.79 Å². The number of amides is 2. The molecule has 2 amide bonds. The highest BCUT2D eigenvalue weighted by molar-refractivity contribution is 7.17. The molecule has 2 N–H and O–H groups in total. The van der Waals surface area contributed by atoms with Crippen LogP contribution in [0.2, 0.25) is 0 Å². The smallest absolute Gasteiger partial charge is 0.264 e.